The zero-order valence-corrected chi connectivity index (χ0v) is 16.6. The number of anilines is 1. The molecule has 2 aromatic rings. The van der Waals surface area contributed by atoms with Gasteiger partial charge in [-0.1, -0.05) is 31.9 Å². The van der Waals surface area contributed by atoms with E-state index in [0.29, 0.717) is 11.4 Å². The molecule has 0 bridgehead atoms. The number of azo groups is 1. The van der Waals surface area contributed by atoms with Gasteiger partial charge in [0, 0.05) is 11.2 Å². The first-order valence-electron chi connectivity index (χ1n) is 9.45. The van der Waals surface area contributed by atoms with Crippen molar-refractivity contribution in [2.45, 2.75) is 58.9 Å². The molecule has 0 spiro atoms. The van der Waals surface area contributed by atoms with E-state index in [-0.39, 0.29) is 0 Å². The lowest BCUT2D eigenvalue weighted by atomic mass is 10.1. The van der Waals surface area contributed by atoms with Crippen LogP contribution in [0.1, 0.15) is 52.5 Å². The van der Waals surface area contributed by atoms with E-state index in [1.54, 1.807) is 24.3 Å². The fourth-order valence-corrected chi connectivity index (χ4v) is 2.88. The highest BCUT2D eigenvalue weighted by Gasteiger charge is 2.27. The average molecular weight is 367 g/mol. The van der Waals surface area contributed by atoms with Crippen molar-refractivity contribution in [2.75, 3.05) is 4.90 Å². The van der Waals surface area contributed by atoms with Crippen molar-refractivity contribution in [3.05, 3.63) is 54.1 Å². The summed E-state index contributed by atoms with van der Waals surface area (Å²) in [5, 5.41) is 18.0. The van der Waals surface area contributed by atoms with Crippen LogP contribution in [0.4, 0.5) is 21.9 Å². The van der Waals surface area contributed by atoms with Crippen LogP contribution in [0.2, 0.25) is 0 Å². The molecule has 5 heteroatoms. The molecule has 144 valence electrons. The molecule has 0 aromatic heterocycles. The van der Waals surface area contributed by atoms with Gasteiger partial charge >= 0.3 is 6.09 Å². The number of carboxylic acid groups (broad SMARTS) is 1. The average Bonchev–Trinajstić information content (AvgIpc) is 2.61. The minimum atomic E-state index is -0.976. The standard InChI is InChI=1S/C22H29N3O2/c1-5-6-7-8-17-9-11-18(12-10-17)23-24-19-13-15-20(16-14-19)25(21(26)27)22(2,3)4/h9-16H,5-8H2,1-4H3,(H,26,27). The van der Waals surface area contributed by atoms with E-state index in [1.807, 2.05) is 32.9 Å². The SMILES string of the molecule is CCCCCc1ccc(N=Nc2ccc(N(C(=O)O)C(C)(C)C)cc2)cc1. The van der Waals surface area contributed by atoms with Gasteiger partial charge < -0.3 is 5.11 Å². The number of hydrogen-bond acceptors (Lipinski definition) is 3. The summed E-state index contributed by atoms with van der Waals surface area (Å²) < 4.78 is 0. The van der Waals surface area contributed by atoms with Crippen LogP contribution >= 0.6 is 0 Å². The third-order valence-corrected chi connectivity index (χ3v) is 4.26. The molecule has 0 atom stereocenters. The fourth-order valence-electron chi connectivity index (χ4n) is 2.88. The summed E-state index contributed by atoms with van der Waals surface area (Å²) in [5.41, 5.74) is 2.91. The highest BCUT2D eigenvalue weighted by atomic mass is 16.4. The molecule has 1 N–H and O–H groups in total. The van der Waals surface area contributed by atoms with Crippen molar-refractivity contribution >= 4 is 23.2 Å². The molecule has 0 aliphatic rings. The molecule has 0 heterocycles. The van der Waals surface area contributed by atoms with E-state index in [0.717, 1.165) is 12.1 Å². The second kappa shape index (κ2) is 9.31. The number of benzene rings is 2. The van der Waals surface area contributed by atoms with Gasteiger partial charge in [0.15, 0.2) is 0 Å². The summed E-state index contributed by atoms with van der Waals surface area (Å²) >= 11 is 0. The zero-order valence-electron chi connectivity index (χ0n) is 16.6. The smallest absolute Gasteiger partial charge is 0.412 e. The maximum atomic E-state index is 11.5. The lowest BCUT2D eigenvalue weighted by Crippen LogP contribution is -2.45. The second-order valence-electron chi connectivity index (χ2n) is 7.63. The zero-order chi connectivity index (χ0) is 19.9. The third-order valence-electron chi connectivity index (χ3n) is 4.26. The molecular formula is C22H29N3O2. The lowest BCUT2D eigenvalue weighted by molar-refractivity contribution is 0.195. The Kier molecular flexibility index (Phi) is 7.11. The molecule has 0 fully saturated rings. The van der Waals surface area contributed by atoms with E-state index in [4.69, 9.17) is 0 Å². The molecule has 0 aliphatic heterocycles. The van der Waals surface area contributed by atoms with Gasteiger partial charge in [0.2, 0.25) is 0 Å². The van der Waals surface area contributed by atoms with Crippen molar-refractivity contribution in [1.29, 1.82) is 0 Å². The lowest BCUT2D eigenvalue weighted by Gasteiger charge is -2.33. The van der Waals surface area contributed by atoms with E-state index < -0.39 is 11.6 Å². The van der Waals surface area contributed by atoms with Crippen molar-refractivity contribution in [3.8, 4) is 0 Å². The summed E-state index contributed by atoms with van der Waals surface area (Å²) in [6, 6.07) is 15.2. The van der Waals surface area contributed by atoms with E-state index >= 15 is 0 Å². The molecule has 0 aliphatic carbocycles. The van der Waals surface area contributed by atoms with Gasteiger partial charge in [-0.15, -0.1) is 0 Å². The molecule has 27 heavy (non-hydrogen) atoms. The summed E-state index contributed by atoms with van der Waals surface area (Å²) in [6.45, 7) is 7.79. The molecule has 2 aromatic carbocycles. The predicted molar refractivity (Wildman–Crippen MR) is 111 cm³/mol. The number of nitrogens with zero attached hydrogens (tertiary/aromatic N) is 3. The molecule has 1 amide bonds. The maximum Gasteiger partial charge on any atom is 0.412 e. The number of amides is 1. The Balaban J connectivity index is 2.04. The number of unbranched alkanes of at least 4 members (excludes halogenated alkanes) is 2. The molecule has 5 nitrogen and oxygen atoms in total. The summed E-state index contributed by atoms with van der Waals surface area (Å²) in [7, 11) is 0. The van der Waals surface area contributed by atoms with Crippen LogP contribution in [0.25, 0.3) is 0 Å². The number of carbonyl (C=O) groups is 1. The third kappa shape index (κ3) is 6.20. The Labute approximate surface area is 161 Å². The first-order valence-corrected chi connectivity index (χ1v) is 9.45. The summed E-state index contributed by atoms with van der Waals surface area (Å²) in [6.07, 6.45) is 3.82. The van der Waals surface area contributed by atoms with Crippen LogP contribution in [0, 0.1) is 0 Å². The predicted octanol–water partition coefficient (Wildman–Crippen LogP) is 7.12. The van der Waals surface area contributed by atoms with Gasteiger partial charge in [-0.05, 0) is 75.6 Å². The van der Waals surface area contributed by atoms with Crippen molar-refractivity contribution in [2.24, 2.45) is 10.2 Å². The van der Waals surface area contributed by atoms with Crippen LogP contribution in [-0.2, 0) is 6.42 Å². The summed E-state index contributed by atoms with van der Waals surface area (Å²) in [5.74, 6) is 0. The molecule has 0 unspecified atom stereocenters. The van der Waals surface area contributed by atoms with Gasteiger partial charge in [0.1, 0.15) is 0 Å². The number of aryl methyl sites for hydroxylation is 1. The highest BCUT2D eigenvalue weighted by Crippen LogP contribution is 2.27. The van der Waals surface area contributed by atoms with E-state index in [1.165, 1.54) is 29.7 Å². The Morgan fingerprint density at radius 1 is 0.926 bits per heavy atom. The van der Waals surface area contributed by atoms with Crippen LogP contribution in [0.3, 0.4) is 0 Å². The van der Waals surface area contributed by atoms with Crippen molar-refractivity contribution in [1.82, 2.24) is 0 Å². The van der Waals surface area contributed by atoms with Gasteiger partial charge in [-0.2, -0.15) is 10.2 Å². The minimum absolute atomic E-state index is 0.520. The minimum Gasteiger partial charge on any atom is -0.465 e. The molecule has 2 rings (SSSR count). The largest absolute Gasteiger partial charge is 0.465 e. The van der Waals surface area contributed by atoms with Gasteiger partial charge in [0.25, 0.3) is 0 Å². The summed E-state index contributed by atoms with van der Waals surface area (Å²) in [4.78, 5) is 12.9. The Morgan fingerprint density at radius 3 is 1.89 bits per heavy atom. The van der Waals surface area contributed by atoms with Crippen molar-refractivity contribution in [3.63, 3.8) is 0 Å². The molecule has 0 saturated heterocycles. The quantitative estimate of drug-likeness (QED) is 0.418. The first-order chi connectivity index (χ1) is 12.8. The highest BCUT2D eigenvalue weighted by molar-refractivity contribution is 5.87. The van der Waals surface area contributed by atoms with Gasteiger partial charge in [0.05, 0.1) is 11.4 Å². The molecule has 0 radical (unpaired) electrons. The molecular weight excluding hydrogens is 338 g/mol. The van der Waals surface area contributed by atoms with Crippen LogP contribution in [-0.4, -0.2) is 16.7 Å². The van der Waals surface area contributed by atoms with E-state index in [9.17, 15) is 9.90 Å². The Bertz CT molecular complexity index is 760. The second-order valence-corrected chi connectivity index (χ2v) is 7.63. The first kappa shape index (κ1) is 20.6. The normalized spacial score (nSPS) is 11.7. The Morgan fingerprint density at radius 2 is 1.44 bits per heavy atom. The van der Waals surface area contributed by atoms with Crippen LogP contribution < -0.4 is 4.90 Å². The topological polar surface area (TPSA) is 65.3 Å². The van der Waals surface area contributed by atoms with Gasteiger partial charge in [-0.3, -0.25) is 4.90 Å². The number of hydrogen-bond donors (Lipinski definition) is 1. The van der Waals surface area contributed by atoms with Crippen molar-refractivity contribution < 1.29 is 9.90 Å². The monoisotopic (exact) mass is 367 g/mol. The molecule has 0 saturated carbocycles. The fraction of sp³-hybridized carbons (Fsp3) is 0.409. The number of rotatable bonds is 7. The Hall–Kier alpha value is -2.69. The van der Waals surface area contributed by atoms with Crippen LogP contribution in [0.15, 0.2) is 58.8 Å². The van der Waals surface area contributed by atoms with E-state index in [2.05, 4.69) is 29.3 Å². The maximum absolute atomic E-state index is 11.5. The van der Waals surface area contributed by atoms with Gasteiger partial charge in [-0.25, -0.2) is 4.79 Å². The van der Waals surface area contributed by atoms with Crippen LogP contribution in [0.5, 0.6) is 0 Å².